The van der Waals surface area contributed by atoms with E-state index in [0.717, 1.165) is 45.6 Å². The summed E-state index contributed by atoms with van der Waals surface area (Å²) in [6.45, 7) is 5.49. The van der Waals surface area contributed by atoms with Crippen LogP contribution in [0.3, 0.4) is 0 Å². The van der Waals surface area contributed by atoms with Gasteiger partial charge in [0.15, 0.2) is 0 Å². The lowest BCUT2D eigenvalue weighted by molar-refractivity contribution is -0.133. The molecule has 0 radical (unpaired) electrons. The molecule has 0 saturated carbocycles. The van der Waals surface area contributed by atoms with Crippen molar-refractivity contribution in [3.05, 3.63) is 22.4 Å². The van der Waals surface area contributed by atoms with E-state index in [1.165, 1.54) is 5.56 Å². The lowest BCUT2D eigenvalue weighted by Crippen LogP contribution is -2.48. The van der Waals surface area contributed by atoms with Gasteiger partial charge in [-0.1, -0.05) is 0 Å². The highest BCUT2D eigenvalue weighted by molar-refractivity contribution is 7.07. The fourth-order valence-corrected chi connectivity index (χ4v) is 3.73. The fraction of sp³-hybridized carbons (Fsp3) is 0.643. The van der Waals surface area contributed by atoms with E-state index in [0.29, 0.717) is 18.5 Å². The van der Waals surface area contributed by atoms with Crippen molar-refractivity contribution in [2.24, 2.45) is 0 Å². The molecule has 2 aliphatic heterocycles. The Kier molecular flexibility index (Phi) is 4.15. The van der Waals surface area contributed by atoms with Gasteiger partial charge in [0.1, 0.15) is 0 Å². The molecule has 3 heterocycles. The zero-order valence-corrected chi connectivity index (χ0v) is 12.0. The molecule has 5 heteroatoms. The Morgan fingerprint density at radius 1 is 1.37 bits per heavy atom. The Hall–Kier alpha value is -0.910. The SMILES string of the molecule is O=C(CN1CCNCC1)N1CCCC1c1ccsc1. The minimum atomic E-state index is 0.301. The first-order valence-electron chi connectivity index (χ1n) is 7.09. The first kappa shape index (κ1) is 13.1. The summed E-state index contributed by atoms with van der Waals surface area (Å²) in [7, 11) is 0. The minimum absolute atomic E-state index is 0.301. The number of likely N-dealkylation sites (tertiary alicyclic amines) is 1. The number of hydrogen-bond acceptors (Lipinski definition) is 4. The number of thiophene rings is 1. The van der Waals surface area contributed by atoms with Crippen molar-refractivity contribution >= 4 is 17.2 Å². The van der Waals surface area contributed by atoms with Crippen LogP contribution in [-0.4, -0.2) is 55.0 Å². The van der Waals surface area contributed by atoms with Crippen LogP contribution in [0.5, 0.6) is 0 Å². The van der Waals surface area contributed by atoms with E-state index >= 15 is 0 Å². The zero-order valence-electron chi connectivity index (χ0n) is 11.2. The van der Waals surface area contributed by atoms with E-state index in [4.69, 9.17) is 0 Å². The summed E-state index contributed by atoms with van der Waals surface area (Å²) in [6, 6.07) is 2.48. The highest BCUT2D eigenvalue weighted by Gasteiger charge is 2.30. The van der Waals surface area contributed by atoms with Gasteiger partial charge in [0.05, 0.1) is 12.6 Å². The third kappa shape index (κ3) is 2.99. The number of amides is 1. The van der Waals surface area contributed by atoms with E-state index in [1.54, 1.807) is 11.3 Å². The van der Waals surface area contributed by atoms with Crippen molar-refractivity contribution in [3.8, 4) is 0 Å². The monoisotopic (exact) mass is 279 g/mol. The standard InChI is InChI=1S/C14H21N3OS/c18-14(10-16-7-4-15-5-8-16)17-6-1-2-13(17)12-3-9-19-11-12/h3,9,11,13,15H,1-2,4-8,10H2. The van der Waals surface area contributed by atoms with Crippen LogP contribution in [0, 0.1) is 0 Å². The van der Waals surface area contributed by atoms with E-state index in [2.05, 4.69) is 31.9 Å². The van der Waals surface area contributed by atoms with E-state index in [-0.39, 0.29) is 0 Å². The number of carbonyl (C=O) groups excluding carboxylic acids is 1. The fourth-order valence-electron chi connectivity index (χ4n) is 3.03. The van der Waals surface area contributed by atoms with Crippen LogP contribution in [0.15, 0.2) is 16.8 Å². The number of carbonyl (C=O) groups is 1. The van der Waals surface area contributed by atoms with Crippen molar-refractivity contribution in [1.82, 2.24) is 15.1 Å². The second-order valence-electron chi connectivity index (χ2n) is 5.33. The molecule has 2 fully saturated rings. The lowest BCUT2D eigenvalue weighted by Gasteiger charge is -2.30. The molecule has 19 heavy (non-hydrogen) atoms. The van der Waals surface area contributed by atoms with Gasteiger partial charge in [0, 0.05) is 32.7 Å². The maximum absolute atomic E-state index is 12.5. The van der Waals surface area contributed by atoms with Crippen LogP contribution in [0.25, 0.3) is 0 Å². The number of piperazine rings is 1. The average molecular weight is 279 g/mol. The molecule has 2 saturated heterocycles. The smallest absolute Gasteiger partial charge is 0.237 e. The average Bonchev–Trinajstić information content (AvgIpc) is 3.10. The molecule has 1 aromatic rings. The first-order valence-corrected chi connectivity index (χ1v) is 8.03. The highest BCUT2D eigenvalue weighted by atomic mass is 32.1. The Labute approximate surface area is 118 Å². The highest BCUT2D eigenvalue weighted by Crippen LogP contribution is 2.33. The van der Waals surface area contributed by atoms with Crippen LogP contribution < -0.4 is 5.32 Å². The summed E-state index contributed by atoms with van der Waals surface area (Å²) in [6.07, 6.45) is 2.25. The van der Waals surface area contributed by atoms with Gasteiger partial charge < -0.3 is 10.2 Å². The number of nitrogens with zero attached hydrogens (tertiary/aromatic N) is 2. The molecular formula is C14H21N3OS. The first-order chi connectivity index (χ1) is 9.34. The van der Waals surface area contributed by atoms with E-state index in [9.17, 15) is 4.79 Å². The molecule has 0 spiro atoms. The molecular weight excluding hydrogens is 258 g/mol. The summed E-state index contributed by atoms with van der Waals surface area (Å²) in [5.41, 5.74) is 1.32. The summed E-state index contributed by atoms with van der Waals surface area (Å²) in [5, 5.41) is 7.61. The predicted molar refractivity (Wildman–Crippen MR) is 77.3 cm³/mol. The normalized spacial score (nSPS) is 24.8. The van der Waals surface area contributed by atoms with E-state index in [1.807, 2.05) is 0 Å². The molecule has 4 nitrogen and oxygen atoms in total. The van der Waals surface area contributed by atoms with Crippen molar-refractivity contribution in [2.45, 2.75) is 18.9 Å². The molecule has 104 valence electrons. The molecule has 1 N–H and O–H groups in total. The van der Waals surface area contributed by atoms with Gasteiger partial charge in [-0.15, -0.1) is 0 Å². The molecule has 2 aliphatic rings. The van der Waals surface area contributed by atoms with Gasteiger partial charge >= 0.3 is 0 Å². The Morgan fingerprint density at radius 3 is 2.95 bits per heavy atom. The van der Waals surface area contributed by atoms with Crippen molar-refractivity contribution in [2.75, 3.05) is 39.3 Å². The summed E-state index contributed by atoms with van der Waals surface area (Å²) < 4.78 is 0. The number of hydrogen-bond donors (Lipinski definition) is 1. The van der Waals surface area contributed by atoms with Crippen LogP contribution in [0.4, 0.5) is 0 Å². The maximum Gasteiger partial charge on any atom is 0.237 e. The van der Waals surface area contributed by atoms with Crippen LogP contribution in [0.1, 0.15) is 24.4 Å². The van der Waals surface area contributed by atoms with Gasteiger partial charge in [-0.3, -0.25) is 9.69 Å². The lowest BCUT2D eigenvalue weighted by atomic mass is 10.1. The van der Waals surface area contributed by atoms with Crippen LogP contribution in [0.2, 0.25) is 0 Å². The topological polar surface area (TPSA) is 35.6 Å². The molecule has 1 aromatic heterocycles. The second kappa shape index (κ2) is 6.03. The molecule has 1 amide bonds. The predicted octanol–water partition coefficient (Wildman–Crippen LogP) is 1.32. The zero-order chi connectivity index (χ0) is 13.1. The largest absolute Gasteiger partial charge is 0.335 e. The Morgan fingerprint density at radius 2 is 2.21 bits per heavy atom. The molecule has 1 unspecified atom stereocenters. The van der Waals surface area contributed by atoms with Crippen LogP contribution in [-0.2, 0) is 4.79 Å². The quantitative estimate of drug-likeness (QED) is 0.906. The molecule has 1 atom stereocenters. The second-order valence-corrected chi connectivity index (χ2v) is 6.11. The third-order valence-corrected chi connectivity index (χ3v) is 4.77. The van der Waals surface area contributed by atoms with Gasteiger partial charge in [-0.05, 0) is 35.2 Å². The van der Waals surface area contributed by atoms with Gasteiger partial charge in [-0.2, -0.15) is 11.3 Å². The summed E-state index contributed by atoms with van der Waals surface area (Å²) in [5.74, 6) is 0.301. The van der Waals surface area contributed by atoms with Crippen molar-refractivity contribution in [3.63, 3.8) is 0 Å². The van der Waals surface area contributed by atoms with Gasteiger partial charge in [0.2, 0.25) is 5.91 Å². The Bertz CT molecular complexity index is 414. The summed E-state index contributed by atoms with van der Waals surface area (Å²) in [4.78, 5) is 16.8. The molecule has 3 rings (SSSR count). The summed E-state index contributed by atoms with van der Waals surface area (Å²) >= 11 is 1.72. The molecule has 0 bridgehead atoms. The van der Waals surface area contributed by atoms with Gasteiger partial charge in [-0.25, -0.2) is 0 Å². The van der Waals surface area contributed by atoms with Crippen molar-refractivity contribution in [1.29, 1.82) is 0 Å². The number of nitrogens with one attached hydrogen (secondary N) is 1. The maximum atomic E-state index is 12.5. The molecule has 0 aromatic carbocycles. The van der Waals surface area contributed by atoms with Crippen molar-refractivity contribution < 1.29 is 4.79 Å². The number of rotatable bonds is 3. The van der Waals surface area contributed by atoms with Crippen LogP contribution >= 0.6 is 11.3 Å². The van der Waals surface area contributed by atoms with E-state index < -0.39 is 0 Å². The third-order valence-electron chi connectivity index (χ3n) is 4.07. The Balaban J connectivity index is 1.62. The van der Waals surface area contributed by atoms with Gasteiger partial charge in [0.25, 0.3) is 0 Å². The minimum Gasteiger partial charge on any atom is -0.335 e. The molecule has 0 aliphatic carbocycles.